The predicted octanol–water partition coefficient (Wildman–Crippen LogP) is -0.689. The quantitative estimate of drug-likeness (QED) is 0.597. The Hall–Kier alpha value is -1.14. The Morgan fingerprint density at radius 3 is 2.79 bits per heavy atom. The molecular formula is C13H26N4O2. The van der Waals surface area contributed by atoms with Crippen LogP contribution in [-0.2, 0) is 9.59 Å². The predicted molar refractivity (Wildman–Crippen MR) is 74.8 cm³/mol. The molecule has 3 N–H and O–H groups in total. The Balaban J connectivity index is 2.52. The molecule has 0 bridgehead atoms. The van der Waals surface area contributed by atoms with Crippen LogP contribution in [0.15, 0.2) is 0 Å². The van der Waals surface area contributed by atoms with E-state index < -0.39 is 0 Å². The van der Waals surface area contributed by atoms with Crippen molar-refractivity contribution in [3.05, 3.63) is 0 Å². The highest BCUT2D eigenvalue weighted by atomic mass is 16.2. The summed E-state index contributed by atoms with van der Waals surface area (Å²) in [5.41, 5.74) is 0. The van der Waals surface area contributed by atoms with Crippen LogP contribution in [0.4, 0.5) is 0 Å². The topological polar surface area (TPSA) is 73.5 Å². The van der Waals surface area contributed by atoms with Gasteiger partial charge in [-0.25, -0.2) is 0 Å². The molecule has 2 amide bonds. The van der Waals surface area contributed by atoms with E-state index in [4.69, 9.17) is 0 Å². The lowest BCUT2D eigenvalue weighted by Gasteiger charge is -2.34. The lowest BCUT2D eigenvalue weighted by Crippen LogP contribution is -2.59. The van der Waals surface area contributed by atoms with E-state index in [9.17, 15) is 9.59 Å². The molecule has 19 heavy (non-hydrogen) atoms. The second kappa shape index (κ2) is 8.12. The fraction of sp³-hybridized carbons (Fsp3) is 0.846. The van der Waals surface area contributed by atoms with Crippen molar-refractivity contribution in [1.82, 2.24) is 20.9 Å². The third kappa shape index (κ3) is 5.16. The van der Waals surface area contributed by atoms with Gasteiger partial charge in [-0.3, -0.25) is 14.5 Å². The van der Waals surface area contributed by atoms with Crippen molar-refractivity contribution in [2.24, 2.45) is 0 Å². The summed E-state index contributed by atoms with van der Waals surface area (Å²) in [5, 5.41) is 8.95. The molecular weight excluding hydrogens is 244 g/mol. The van der Waals surface area contributed by atoms with Crippen molar-refractivity contribution >= 4 is 11.8 Å². The Morgan fingerprint density at radius 1 is 1.42 bits per heavy atom. The zero-order valence-corrected chi connectivity index (χ0v) is 12.2. The fourth-order valence-corrected chi connectivity index (χ4v) is 2.09. The largest absolute Gasteiger partial charge is 0.355 e. The molecule has 0 aliphatic carbocycles. The summed E-state index contributed by atoms with van der Waals surface area (Å²) in [5.74, 6) is -0.0170. The van der Waals surface area contributed by atoms with E-state index in [1.807, 2.05) is 25.7 Å². The first-order chi connectivity index (χ1) is 9.08. The minimum absolute atomic E-state index is 0.00830. The Morgan fingerprint density at radius 2 is 2.16 bits per heavy atom. The van der Waals surface area contributed by atoms with Crippen LogP contribution in [0.2, 0.25) is 0 Å². The van der Waals surface area contributed by atoms with Gasteiger partial charge in [0, 0.05) is 32.2 Å². The summed E-state index contributed by atoms with van der Waals surface area (Å²) in [7, 11) is 0. The van der Waals surface area contributed by atoms with Crippen molar-refractivity contribution in [3.63, 3.8) is 0 Å². The molecule has 1 fully saturated rings. The van der Waals surface area contributed by atoms with Crippen LogP contribution in [0.1, 0.15) is 27.2 Å². The number of carbonyl (C=O) groups is 2. The van der Waals surface area contributed by atoms with E-state index in [1.54, 1.807) is 0 Å². The minimum Gasteiger partial charge on any atom is -0.355 e. The number of rotatable bonds is 6. The van der Waals surface area contributed by atoms with E-state index >= 15 is 0 Å². The number of hydrogen-bond acceptors (Lipinski definition) is 4. The van der Waals surface area contributed by atoms with Gasteiger partial charge in [0.05, 0.1) is 6.54 Å². The highest BCUT2D eigenvalue weighted by molar-refractivity contribution is 5.84. The number of piperazine rings is 1. The average Bonchev–Trinajstić information content (AvgIpc) is 2.39. The first-order valence-electron chi connectivity index (χ1n) is 7.10. The molecule has 0 saturated carbocycles. The van der Waals surface area contributed by atoms with Crippen LogP contribution in [0.5, 0.6) is 0 Å². The van der Waals surface area contributed by atoms with E-state index in [0.29, 0.717) is 13.1 Å². The fourth-order valence-electron chi connectivity index (χ4n) is 2.09. The number of likely N-dealkylation sites (N-methyl/N-ethyl adjacent to an activating group) is 1. The van der Waals surface area contributed by atoms with Gasteiger partial charge in [-0.05, 0) is 20.3 Å². The SMILES string of the molecule is CCNC(=O)C1CNCCN1CC(=O)NC(C)CC. The third-order valence-corrected chi connectivity index (χ3v) is 3.37. The maximum Gasteiger partial charge on any atom is 0.238 e. The molecule has 110 valence electrons. The molecule has 0 aromatic rings. The smallest absolute Gasteiger partial charge is 0.238 e. The van der Waals surface area contributed by atoms with Crippen LogP contribution in [0.3, 0.4) is 0 Å². The number of carbonyl (C=O) groups excluding carboxylic acids is 2. The molecule has 0 radical (unpaired) electrons. The molecule has 0 aromatic carbocycles. The maximum absolute atomic E-state index is 11.9. The zero-order valence-electron chi connectivity index (χ0n) is 12.2. The highest BCUT2D eigenvalue weighted by Crippen LogP contribution is 2.03. The van der Waals surface area contributed by atoms with Crippen molar-refractivity contribution in [3.8, 4) is 0 Å². The summed E-state index contributed by atoms with van der Waals surface area (Å²) in [6, 6.07) is -0.0743. The van der Waals surface area contributed by atoms with Crippen LogP contribution in [0.25, 0.3) is 0 Å². The number of amides is 2. The molecule has 6 nitrogen and oxygen atoms in total. The molecule has 6 heteroatoms. The van der Waals surface area contributed by atoms with Crippen LogP contribution >= 0.6 is 0 Å². The monoisotopic (exact) mass is 270 g/mol. The molecule has 1 saturated heterocycles. The second-order valence-electron chi connectivity index (χ2n) is 4.96. The minimum atomic E-state index is -0.253. The van der Waals surface area contributed by atoms with Gasteiger partial charge >= 0.3 is 0 Å². The first kappa shape index (κ1) is 15.9. The second-order valence-corrected chi connectivity index (χ2v) is 4.96. The normalized spacial score (nSPS) is 21.7. The van der Waals surface area contributed by atoms with Crippen molar-refractivity contribution in [1.29, 1.82) is 0 Å². The van der Waals surface area contributed by atoms with E-state index in [0.717, 1.165) is 19.5 Å². The summed E-state index contributed by atoms with van der Waals surface area (Å²) >= 11 is 0. The molecule has 2 atom stereocenters. The van der Waals surface area contributed by atoms with Gasteiger partial charge in [0.1, 0.15) is 6.04 Å². The molecule has 0 spiro atoms. The van der Waals surface area contributed by atoms with E-state index in [2.05, 4.69) is 16.0 Å². The molecule has 1 rings (SSSR count). The van der Waals surface area contributed by atoms with Crippen LogP contribution in [-0.4, -0.2) is 61.5 Å². The van der Waals surface area contributed by atoms with E-state index in [-0.39, 0.29) is 30.4 Å². The lowest BCUT2D eigenvalue weighted by molar-refractivity contribution is -0.129. The summed E-state index contributed by atoms with van der Waals surface area (Å²) in [6.07, 6.45) is 0.910. The molecule has 1 aliphatic heterocycles. The van der Waals surface area contributed by atoms with Gasteiger partial charge in [-0.2, -0.15) is 0 Å². The van der Waals surface area contributed by atoms with Crippen molar-refractivity contribution in [2.45, 2.75) is 39.3 Å². The van der Waals surface area contributed by atoms with Gasteiger partial charge in [0.25, 0.3) is 0 Å². The van der Waals surface area contributed by atoms with Gasteiger partial charge in [0.15, 0.2) is 0 Å². The van der Waals surface area contributed by atoms with Gasteiger partial charge < -0.3 is 16.0 Å². The number of nitrogens with zero attached hydrogens (tertiary/aromatic N) is 1. The Bertz CT molecular complexity index is 309. The Labute approximate surface area is 115 Å². The standard InChI is InChI=1S/C13H26N4O2/c1-4-10(3)16-12(18)9-17-7-6-14-8-11(17)13(19)15-5-2/h10-11,14H,4-9H2,1-3H3,(H,15,19)(H,16,18). The number of nitrogens with one attached hydrogen (secondary N) is 3. The first-order valence-corrected chi connectivity index (χ1v) is 7.10. The zero-order chi connectivity index (χ0) is 14.3. The summed E-state index contributed by atoms with van der Waals surface area (Å²) in [6.45, 7) is 8.94. The Kier molecular flexibility index (Phi) is 6.80. The highest BCUT2D eigenvalue weighted by Gasteiger charge is 2.29. The van der Waals surface area contributed by atoms with Crippen LogP contribution < -0.4 is 16.0 Å². The van der Waals surface area contributed by atoms with Crippen molar-refractivity contribution < 1.29 is 9.59 Å². The third-order valence-electron chi connectivity index (χ3n) is 3.37. The summed E-state index contributed by atoms with van der Waals surface area (Å²) < 4.78 is 0. The summed E-state index contributed by atoms with van der Waals surface area (Å²) in [4.78, 5) is 25.8. The number of hydrogen-bond donors (Lipinski definition) is 3. The molecule has 0 aromatic heterocycles. The molecule has 1 aliphatic rings. The van der Waals surface area contributed by atoms with Crippen LogP contribution in [0, 0.1) is 0 Å². The average molecular weight is 270 g/mol. The lowest BCUT2D eigenvalue weighted by atomic mass is 10.1. The van der Waals surface area contributed by atoms with E-state index in [1.165, 1.54) is 0 Å². The van der Waals surface area contributed by atoms with Gasteiger partial charge in [-0.15, -0.1) is 0 Å². The molecule has 1 heterocycles. The van der Waals surface area contributed by atoms with Gasteiger partial charge in [-0.1, -0.05) is 6.92 Å². The molecule has 2 unspecified atom stereocenters. The van der Waals surface area contributed by atoms with Gasteiger partial charge in [0.2, 0.25) is 11.8 Å². The maximum atomic E-state index is 11.9. The van der Waals surface area contributed by atoms with Crippen molar-refractivity contribution in [2.75, 3.05) is 32.7 Å².